The number of hydrogen-bond donors (Lipinski definition) is 3. The molecule has 0 heterocycles. The molecule has 0 rings (SSSR count). The third-order valence-corrected chi connectivity index (χ3v) is 10.3. The fourth-order valence-electron chi connectivity index (χ4n) is 5.92. The standard InChI is InChI=1S/C42H78NO10P/c1-3-5-7-9-11-13-15-17-19-21-23-25-27-29-31-33-40(44)50-35-38(36-51-54(48,49)52-37-39(43)42(46)47)53-41(45)34-32-30-28-26-24-22-20-18-16-14-12-10-8-6-4-2/h31-34,38-39H,3-30,35-37,43H2,1-2H3,(H,46,47)(H,48,49)/t38-,39+/m1/s1. The number of phosphoric ester groups is 1. The van der Waals surface area contributed by atoms with E-state index in [1.807, 2.05) is 0 Å². The van der Waals surface area contributed by atoms with E-state index in [1.165, 1.54) is 147 Å². The molecular formula is C42H78NO10P. The van der Waals surface area contributed by atoms with Gasteiger partial charge in [-0.1, -0.05) is 180 Å². The number of carboxylic acids is 1. The summed E-state index contributed by atoms with van der Waals surface area (Å²) >= 11 is 0. The predicted octanol–water partition coefficient (Wildman–Crippen LogP) is 11.1. The summed E-state index contributed by atoms with van der Waals surface area (Å²) < 4.78 is 32.4. The highest BCUT2D eigenvalue weighted by atomic mass is 31.2. The number of hydrogen-bond acceptors (Lipinski definition) is 9. The van der Waals surface area contributed by atoms with Crippen molar-refractivity contribution in [2.24, 2.45) is 5.73 Å². The summed E-state index contributed by atoms with van der Waals surface area (Å²) in [5, 5.41) is 8.87. The van der Waals surface area contributed by atoms with Gasteiger partial charge in [0.2, 0.25) is 0 Å². The van der Waals surface area contributed by atoms with Gasteiger partial charge >= 0.3 is 25.7 Å². The van der Waals surface area contributed by atoms with E-state index in [2.05, 4.69) is 18.4 Å². The Morgan fingerprint density at radius 1 is 0.556 bits per heavy atom. The SMILES string of the molecule is CCCCCCCCCCCCCCCC=CC(=O)OC[C@H](COP(=O)(O)OC[C@H](N)C(=O)O)OC(=O)C=CCCCCCCCCCCCCCCC. The summed E-state index contributed by atoms with van der Waals surface area (Å²) in [5.74, 6) is -2.77. The van der Waals surface area contributed by atoms with Crippen LogP contribution in [0.4, 0.5) is 0 Å². The first-order valence-corrected chi connectivity index (χ1v) is 22.9. The molecule has 1 unspecified atom stereocenters. The molecule has 54 heavy (non-hydrogen) atoms. The number of carboxylic acid groups (broad SMARTS) is 1. The quantitative estimate of drug-likeness (QED) is 0.0233. The number of aliphatic carboxylic acids is 1. The lowest BCUT2D eigenvalue weighted by Crippen LogP contribution is -2.34. The molecule has 3 atom stereocenters. The molecule has 0 aromatic carbocycles. The molecule has 0 radical (unpaired) electrons. The summed E-state index contributed by atoms with van der Waals surface area (Å²) in [6, 6.07) is -1.53. The van der Waals surface area contributed by atoms with Crippen molar-refractivity contribution in [2.45, 2.75) is 206 Å². The molecule has 0 aliphatic heterocycles. The van der Waals surface area contributed by atoms with Crippen LogP contribution in [0.25, 0.3) is 0 Å². The van der Waals surface area contributed by atoms with Crippen molar-refractivity contribution < 1.29 is 47.5 Å². The van der Waals surface area contributed by atoms with Gasteiger partial charge in [-0.3, -0.25) is 13.8 Å². The Morgan fingerprint density at radius 3 is 1.30 bits per heavy atom. The van der Waals surface area contributed by atoms with Crippen molar-refractivity contribution in [1.29, 1.82) is 0 Å². The Morgan fingerprint density at radius 2 is 0.907 bits per heavy atom. The minimum atomic E-state index is -4.74. The monoisotopic (exact) mass is 788 g/mol. The van der Waals surface area contributed by atoms with Crippen LogP contribution in [0.5, 0.6) is 0 Å². The van der Waals surface area contributed by atoms with Crippen molar-refractivity contribution in [3.63, 3.8) is 0 Å². The second kappa shape index (κ2) is 37.9. The molecule has 0 aromatic rings. The van der Waals surface area contributed by atoms with Crippen LogP contribution < -0.4 is 5.73 Å². The topological polar surface area (TPSA) is 172 Å². The summed E-state index contributed by atoms with van der Waals surface area (Å²) in [5.41, 5.74) is 5.32. The Labute approximate surface area is 328 Å². The summed E-state index contributed by atoms with van der Waals surface area (Å²) in [6.45, 7) is 2.66. The molecule has 0 aliphatic carbocycles. The van der Waals surface area contributed by atoms with E-state index < -0.39 is 57.7 Å². The third-order valence-electron chi connectivity index (χ3n) is 9.31. The lowest BCUT2D eigenvalue weighted by atomic mass is 10.0. The third kappa shape index (κ3) is 36.9. The van der Waals surface area contributed by atoms with E-state index in [-0.39, 0.29) is 0 Å². The van der Waals surface area contributed by atoms with Gasteiger partial charge in [0.05, 0.1) is 13.2 Å². The highest BCUT2D eigenvalue weighted by Gasteiger charge is 2.27. The zero-order valence-electron chi connectivity index (χ0n) is 34.1. The van der Waals surface area contributed by atoms with Gasteiger partial charge in [-0.15, -0.1) is 0 Å². The van der Waals surface area contributed by atoms with Gasteiger partial charge in [0.25, 0.3) is 0 Å². The maximum absolute atomic E-state index is 12.5. The van der Waals surface area contributed by atoms with Gasteiger partial charge in [0.1, 0.15) is 12.6 Å². The van der Waals surface area contributed by atoms with Crippen molar-refractivity contribution in [2.75, 3.05) is 19.8 Å². The Bertz CT molecular complexity index is 1020. The van der Waals surface area contributed by atoms with Crippen LogP contribution in [0.15, 0.2) is 24.3 Å². The summed E-state index contributed by atoms with van der Waals surface area (Å²) in [7, 11) is -4.74. The smallest absolute Gasteiger partial charge is 0.472 e. The zero-order chi connectivity index (χ0) is 40.0. The van der Waals surface area contributed by atoms with Gasteiger partial charge in [-0.05, 0) is 25.7 Å². The minimum absolute atomic E-state index is 0.422. The lowest BCUT2D eigenvalue weighted by Gasteiger charge is -2.19. The molecule has 0 aromatic heterocycles. The minimum Gasteiger partial charge on any atom is -0.480 e. The number of nitrogens with two attached hydrogens (primary N) is 1. The van der Waals surface area contributed by atoms with Crippen LogP contribution in [0.1, 0.15) is 194 Å². The average molecular weight is 788 g/mol. The van der Waals surface area contributed by atoms with Crippen LogP contribution in [-0.4, -0.2) is 59.9 Å². The number of ether oxygens (including phenoxy) is 2. The normalized spacial score (nSPS) is 14.0. The van der Waals surface area contributed by atoms with Crippen LogP contribution in [0, 0.1) is 0 Å². The Balaban J connectivity index is 4.46. The van der Waals surface area contributed by atoms with Crippen molar-refractivity contribution in [3.8, 4) is 0 Å². The average Bonchev–Trinajstić information content (AvgIpc) is 3.14. The van der Waals surface area contributed by atoms with E-state index in [4.69, 9.17) is 24.8 Å². The molecule has 316 valence electrons. The van der Waals surface area contributed by atoms with E-state index in [0.717, 1.165) is 38.5 Å². The second-order valence-corrected chi connectivity index (χ2v) is 16.0. The largest absolute Gasteiger partial charge is 0.480 e. The van der Waals surface area contributed by atoms with Crippen molar-refractivity contribution in [1.82, 2.24) is 0 Å². The number of esters is 2. The van der Waals surface area contributed by atoms with E-state index in [9.17, 15) is 23.8 Å². The number of carbonyl (C=O) groups excluding carboxylic acids is 2. The number of rotatable bonds is 40. The molecule has 0 fully saturated rings. The zero-order valence-corrected chi connectivity index (χ0v) is 35.0. The van der Waals surface area contributed by atoms with Gasteiger partial charge < -0.3 is 25.2 Å². The van der Waals surface area contributed by atoms with E-state index >= 15 is 0 Å². The molecule has 12 heteroatoms. The number of unbranched alkanes of at least 4 members (excludes halogenated alkanes) is 26. The van der Waals surface area contributed by atoms with Crippen molar-refractivity contribution in [3.05, 3.63) is 24.3 Å². The Kier molecular flexibility index (Phi) is 36.4. The molecule has 0 saturated heterocycles. The first kappa shape index (κ1) is 52.0. The maximum Gasteiger partial charge on any atom is 0.472 e. The fourth-order valence-corrected chi connectivity index (χ4v) is 6.70. The van der Waals surface area contributed by atoms with Crippen LogP contribution in [0.2, 0.25) is 0 Å². The second-order valence-electron chi connectivity index (χ2n) is 14.6. The van der Waals surface area contributed by atoms with Gasteiger partial charge in [0, 0.05) is 12.2 Å². The fraction of sp³-hybridized carbons (Fsp3) is 0.833. The highest BCUT2D eigenvalue weighted by Crippen LogP contribution is 2.43. The van der Waals surface area contributed by atoms with E-state index in [0.29, 0.717) is 6.42 Å². The van der Waals surface area contributed by atoms with Gasteiger partial charge in [-0.25, -0.2) is 14.2 Å². The molecular weight excluding hydrogens is 709 g/mol. The summed E-state index contributed by atoms with van der Waals surface area (Å²) in [6.07, 6.45) is 39.1. The number of phosphoric acid groups is 1. The van der Waals surface area contributed by atoms with E-state index in [1.54, 1.807) is 12.2 Å². The van der Waals surface area contributed by atoms with Gasteiger partial charge in [0.15, 0.2) is 6.10 Å². The Hall–Kier alpha value is -2.04. The molecule has 0 spiro atoms. The molecule has 0 bridgehead atoms. The lowest BCUT2D eigenvalue weighted by molar-refractivity contribution is -0.154. The first-order valence-electron chi connectivity index (χ1n) is 21.4. The first-order chi connectivity index (χ1) is 26.1. The van der Waals surface area contributed by atoms with Crippen LogP contribution in [0.3, 0.4) is 0 Å². The van der Waals surface area contributed by atoms with Gasteiger partial charge in [-0.2, -0.15) is 0 Å². The molecule has 0 saturated carbocycles. The predicted molar refractivity (Wildman–Crippen MR) is 217 cm³/mol. The molecule has 0 aliphatic rings. The summed E-state index contributed by atoms with van der Waals surface area (Å²) in [4.78, 5) is 45.7. The molecule has 0 amide bonds. The van der Waals surface area contributed by atoms with Crippen LogP contribution in [-0.2, 0) is 37.5 Å². The van der Waals surface area contributed by atoms with Crippen LogP contribution >= 0.6 is 7.82 Å². The molecule has 11 nitrogen and oxygen atoms in total. The highest BCUT2D eigenvalue weighted by molar-refractivity contribution is 7.47. The number of allylic oxidation sites excluding steroid dienone is 2. The molecule has 4 N–H and O–H groups in total. The maximum atomic E-state index is 12.5. The number of carbonyl (C=O) groups is 3. The van der Waals surface area contributed by atoms with Crippen molar-refractivity contribution >= 4 is 25.7 Å².